The summed E-state index contributed by atoms with van der Waals surface area (Å²) in [5.41, 5.74) is 1.20. The van der Waals surface area contributed by atoms with Crippen LogP contribution in [0.2, 0.25) is 0 Å². The van der Waals surface area contributed by atoms with Gasteiger partial charge in [-0.05, 0) is 108 Å². The van der Waals surface area contributed by atoms with Crippen molar-refractivity contribution in [2.45, 2.75) is 119 Å². The fraction of sp³-hybridized carbons (Fsp3) is 0.763. The van der Waals surface area contributed by atoms with E-state index in [0.29, 0.717) is 30.8 Å². The molecule has 0 heterocycles. The molecular formula is C38H56O6S. The van der Waals surface area contributed by atoms with Crippen LogP contribution in [-0.4, -0.2) is 38.0 Å². The van der Waals surface area contributed by atoms with Crippen molar-refractivity contribution in [3.8, 4) is 0 Å². The van der Waals surface area contributed by atoms with Gasteiger partial charge in [-0.15, -0.1) is 0 Å². The molecule has 1 aromatic rings. The minimum Gasteiger partial charge on any atom is -0.460 e. The molecule has 0 saturated heterocycles. The molecule has 4 fully saturated rings. The Labute approximate surface area is 271 Å². The van der Waals surface area contributed by atoms with Gasteiger partial charge in [0.2, 0.25) is 0 Å². The molecule has 5 aliphatic carbocycles. The van der Waals surface area contributed by atoms with Gasteiger partial charge in [-0.2, -0.15) is 8.42 Å². The lowest BCUT2D eigenvalue weighted by atomic mass is 9.33. The van der Waals surface area contributed by atoms with Crippen molar-refractivity contribution < 1.29 is 27.2 Å². The smallest absolute Gasteiger partial charge is 0.313 e. The quantitative estimate of drug-likeness (QED) is 0.202. The van der Waals surface area contributed by atoms with Gasteiger partial charge in [0, 0.05) is 0 Å². The van der Waals surface area contributed by atoms with Gasteiger partial charge >= 0.3 is 5.97 Å². The SMILES string of the molecule is C[C@H]1[C@H](C)CC[C@]2(C(=O)OCc3ccccc3)CC[C@]3(C)C(=CC[C@@H]4[C@@]5(C)C[C@@H](OS(C)(=O)=O)[C@H](O)C(C)(C)[C@@H]5CC[C@]43C)[C@H]12. The van der Waals surface area contributed by atoms with E-state index in [4.69, 9.17) is 8.92 Å². The Balaban J connectivity index is 1.38. The lowest BCUT2D eigenvalue weighted by Gasteiger charge is -2.71. The maximum atomic E-state index is 14.3. The van der Waals surface area contributed by atoms with Crippen LogP contribution in [0, 0.1) is 56.7 Å². The molecule has 6 rings (SSSR count). The van der Waals surface area contributed by atoms with Crippen molar-refractivity contribution in [3.05, 3.63) is 47.5 Å². The zero-order valence-electron chi connectivity index (χ0n) is 28.8. The van der Waals surface area contributed by atoms with Gasteiger partial charge in [-0.3, -0.25) is 8.98 Å². The third kappa shape index (κ3) is 4.91. The number of benzene rings is 1. The summed E-state index contributed by atoms with van der Waals surface area (Å²) in [5, 5.41) is 11.4. The summed E-state index contributed by atoms with van der Waals surface area (Å²) in [7, 11) is -3.73. The maximum Gasteiger partial charge on any atom is 0.313 e. The van der Waals surface area contributed by atoms with Crippen LogP contribution in [0.25, 0.3) is 0 Å². The van der Waals surface area contributed by atoms with Crippen molar-refractivity contribution >= 4 is 16.1 Å². The van der Waals surface area contributed by atoms with Crippen LogP contribution in [0.1, 0.15) is 105 Å². The summed E-state index contributed by atoms with van der Waals surface area (Å²) in [6, 6.07) is 10.0. The Morgan fingerprint density at radius 1 is 0.956 bits per heavy atom. The van der Waals surface area contributed by atoms with Crippen molar-refractivity contribution in [1.29, 1.82) is 0 Å². The van der Waals surface area contributed by atoms with E-state index in [1.807, 2.05) is 30.3 Å². The van der Waals surface area contributed by atoms with Crippen molar-refractivity contribution in [3.63, 3.8) is 0 Å². The molecule has 0 bridgehead atoms. The predicted molar refractivity (Wildman–Crippen MR) is 176 cm³/mol. The minimum absolute atomic E-state index is 0.0233. The van der Waals surface area contributed by atoms with Gasteiger partial charge in [0.25, 0.3) is 10.1 Å². The van der Waals surface area contributed by atoms with E-state index in [1.165, 1.54) is 5.57 Å². The molecule has 6 nitrogen and oxygen atoms in total. The van der Waals surface area contributed by atoms with Crippen LogP contribution < -0.4 is 0 Å². The van der Waals surface area contributed by atoms with E-state index in [-0.39, 0.29) is 34.1 Å². The summed E-state index contributed by atoms with van der Waals surface area (Å²) in [6.07, 6.45) is 9.18. The molecule has 4 saturated carbocycles. The molecule has 0 aliphatic heterocycles. The lowest BCUT2D eigenvalue weighted by Crippen LogP contribution is -2.67. The Bertz CT molecular complexity index is 1450. The van der Waals surface area contributed by atoms with E-state index >= 15 is 0 Å². The number of carbonyl (C=O) groups is 1. The molecule has 5 aliphatic rings. The normalized spacial score (nSPS) is 45.6. The molecule has 1 N–H and O–H groups in total. The monoisotopic (exact) mass is 640 g/mol. The zero-order valence-corrected chi connectivity index (χ0v) is 29.6. The summed E-state index contributed by atoms with van der Waals surface area (Å²) < 4.78 is 36.5. The number of rotatable bonds is 5. The highest BCUT2D eigenvalue weighted by molar-refractivity contribution is 7.86. The number of esters is 1. The highest BCUT2D eigenvalue weighted by Gasteiger charge is 2.70. The molecule has 0 radical (unpaired) electrons. The number of allylic oxidation sites excluding steroid dienone is 2. The lowest BCUT2D eigenvalue weighted by molar-refractivity contribution is -0.228. The Kier molecular flexibility index (Phi) is 8.06. The zero-order chi connectivity index (χ0) is 32.8. The number of aliphatic hydroxyl groups excluding tert-OH is 1. The fourth-order valence-corrected chi connectivity index (χ4v) is 12.7. The molecule has 1 aromatic carbocycles. The molecule has 7 heteroatoms. The first kappa shape index (κ1) is 33.2. The van der Waals surface area contributed by atoms with Crippen LogP contribution in [-0.2, 0) is 30.4 Å². The van der Waals surface area contributed by atoms with Crippen LogP contribution in [0.15, 0.2) is 42.0 Å². The molecular weight excluding hydrogens is 584 g/mol. The van der Waals surface area contributed by atoms with Crippen molar-refractivity contribution in [1.82, 2.24) is 0 Å². The van der Waals surface area contributed by atoms with E-state index in [9.17, 15) is 18.3 Å². The molecule has 45 heavy (non-hydrogen) atoms. The highest BCUT2D eigenvalue weighted by atomic mass is 32.2. The van der Waals surface area contributed by atoms with Gasteiger partial charge in [0.05, 0.1) is 17.8 Å². The molecule has 250 valence electrons. The molecule has 0 aromatic heterocycles. The number of ether oxygens (including phenoxy) is 1. The van der Waals surface area contributed by atoms with Gasteiger partial charge in [0.15, 0.2) is 0 Å². The topological polar surface area (TPSA) is 89.9 Å². The maximum absolute atomic E-state index is 14.3. The molecule has 0 amide bonds. The molecule has 11 atom stereocenters. The number of hydrogen-bond donors (Lipinski definition) is 1. The summed E-state index contributed by atoms with van der Waals surface area (Å²) in [6.45, 7) is 16.6. The minimum atomic E-state index is -3.73. The Morgan fingerprint density at radius 2 is 1.64 bits per heavy atom. The Hall–Kier alpha value is -1.70. The van der Waals surface area contributed by atoms with E-state index < -0.39 is 33.2 Å². The molecule has 0 spiro atoms. The van der Waals surface area contributed by atoms with Crippen LogP contribution in [0.3, 0.4) is 0 Å². The van der Waals surface area contributed by atoms with Crippen molar-refractivity contribution in [2.24, 2.45) is 56.7 Å². The largest absolute Gasteiger partial charge is 0.460 e. The van der Waals surface area contributed by atoms with E-state index in [1.54, 1.807) is 0 Å². The van der Waals surface area contributed by atoms with Crippen molar-refractivity contribution in [2.75, 3.05) is 6.26 Å². The van der Waals surface area contributed by atoms with Crippen LogP contribution >= 0.6 is 0 Å². The van der Waals surface area contributed by atoms with E-state index in [2.05, 4.69) is 54.5 Å². The highest BCUT2D eigenvalue weighted by Crippen LogP contribution is 2.76. The van der Waals surface area contributed by atoms with Gasteiger partial charge in [-0.1, -0.05) is 90.4 Å². The van der Waals surface area contributed by atoms with Gasteiger partial charge in [0.1, 0.15) is 12.7 Å². The van der Waals surface area contributed by atoms with Gasteiger partial charge < -0.3 is 9.84 Å². The average molecular weight is 641 g/mol. The number of aliphatic hydroxyl groups is 1. The second kappa shape index (κ2) is 10.9. The first-order chi connectivity index (χ1) is 20.9. The second-order valence-electron chi connectivity index (χ2n) is 17.2. The summed E-state index contributed by atoms with van der Waals surface area (Å²) in [4.78, 5) is 14.3. The summed E-state index contributed by atoms with van der Waals surface area (Å²) >= 11 is 0. The number of carbonyl (C=O) groups excluding carboxylic acids is 1. The number of hydrogen-bond acceptors (Lipinski definition) is 6. The summed E-state index contributed by atoms with van der Waals surface area (Å²) in [5.74, 6) is 1.59. The standard InChI is InChI=1S/C38H56O6S/c1-24-16-19-38(33(40)43-23-26-12-10-9-11-13-26)21-20-36(6)27(31(38)25(24)2)14-15-30-35(5)22-28(44-45(8,41)42)32(39)34(3,4)29(35)17-18-37(30,36)7/h9-14,24-25,28-32,39H,15-23H2,1-8H3/t24-,25+,28-,29+,30-,31+,32+,35+,36-,37-,38+/m1/s1. The van der Waals surface area contributed by atoms with Crippen LogP contribution in [0.5, 0.6) is 0 Å². The second-order valence-corrected chi connectivity index (χ2v) is 18.8. The van der Waals surface area contributed by atoms with Crippen LogP contribution in [0.4, 0.5) is 0 Å². The predicted octanol–water partition coefficient (Wildman–Crippen LogP) is 7.70. The third-order valence-electron chi connectivity index (χ3n) is 14.8. The fourth-order valence-electron chi connectivity index (χ4n) is 12.1. The van der Waals surface area contributed by atoms with E-state index in [0.717, 1.165) is 56.8 Å². The third-order valence-corrected chi connectivity index (χ3v) is 15.4. The number of fused-ring (bicyclic) bond motifs is 7. The first-order valence-electron chi connectivity index (χ1n) is 17.4. The first-order valence-corrected chi connectivity index (χ1v) is 19.2. The average Bonchev–Trinajstić information content (AvgIpc) is 2.96. The Morgan fingerprint density at radius 3 is 2.31 bits per heavy atom. The van der Waals surface area contributed by atoms with Gasteiger partial charge in [-0.25, -0.2) is 0 Å². The molecule has 0 unspecified atom stereocenters.